The van der Waals surface area contributed by atoms with Crippen molar-refractivity contribution >= 4 is 20.9 Å². The number of piperidine rings is 2. The SMILES string of the molecule is CC1CCN(S(=O)(=O)c2ccc3[nH]c(CN4CCCCC4)cc3c2)CC1.[HH]. The minimum absolute atomic E-state index is 0. The molecule has 2 aliphatic rings. The van der Waals surface area contributed by atoms with Crippen molar-refractivity contribution in [2.45, 2.75) is 50.5 Å². The molecule has 0 radical (unpaired) electrons. The first-order chi connectivity index (χ1) is 12.5. The summed E-state index contributed by atoms with van der Waals surface area (Å²) in [4.78, 5) is 6.35. The van der Waals surface area contributed by atoms with E-state index in [9.17, 15) is 8.42 Å². The fourth-order valence-corrected chi connectivity index (χ4v) is 5.65. The highest BCUT2D eigenvalue weighted by atomic mass is 32.2. The van der Waals surface area contributed by atoms with Gasteiger partial charge < -0.3 is 4.98 Å². The fourth-order valence-electron chi connectivity index (χ4n) is 4.15. The maximum Gasteiger partial charge on any atom is 0.243 e. The van der Waals surface area contributed by atoms with Crippen LogP contribution in [0, 0.1) is 5.92 Å². The van der Waals surface area contributed by atoms with E-state index < -0.39 is 10.0 Å². The average Bonchev–Trinajstić information content (AvgIpc) is 3.04. The summed E-state index contributed by atoms with van der Waals surface area (Å²) in [6.07, 6.45) is 5.78. The molecule has 1 aromatic heterocycles. The summed E-state index contributed by atoms with van der Waals surface area (Å²) in [5.74, 6) is 0.617. The Morgan fingerprint density at radius 3 is 2.54 bits per heavy atom. The van der Waals surface area contributed by atoms with Crippen LogP contribution in [0.25, 0.3) is 10.9 Å². The molecule has 0 amide bonds. The number of fused-ring (bicyclic) bond motifs is 1. The van der Waals surface area contributed by atoms with Gasteiger partial charge in [-0.05, 0) is 69.0 Å². The van der Waals surface area contributed by atoms with Crippen LogP contribution in [-0.2, 0) is 16.6 Å². The molecule has 0 atom stereocenters. The monoisotopic (exact) mass is 377 g/mol. The van der Waals surface area contributed by atoms with E-state index in [4.69, 9.17) is 0 Å². The molecule has 4 rings (SSSR count). The van der Waals surface area contributed by atoms with Gasteiger partial charge in [0.15, 0.2) is 0 Å². The lowest BCUT2D eigenvalue weighted by Gasteiger charge is -2.29. The number of aromatic nitrogens is 1. The summed E-state index contributed by atoms with van der Waals surface area (Å²) in [7, 11) is -3.39. The minimum Gasteiger partial charge on any atom is -0.357 e. The van der Waals surface area contributed by atoms with Gasteiger partial charge >= 0.3 is 0 Å². The summed E-state index contributed by atoms with van der Waals surface area (Å²) >= 11 is 0. The Bertz CT molecular complexity index is 866. The molecule has 5 nitrogen and oxygen atoms in total. The molecule has 0 unspecified atom stereocenters. The molecule has 0 aliphatic carbocycles. The largest absolute Gasteiger partial charge is 0.357 e. The van der Waals surface area contributed by atoms with E-state index >= 15 is 0 Å². The molecule has 1 aromatic carbocycles. The number of rotatable bonds is 4. The van der Waals surface area contributed by atoms with Gasteiger partial charge in [-0.1, -0.05) is 13.3 Å². The molecule has 26 heavy (non-hydrogen) atoms. The van der Waals surface area contributed by atoms with E-state index in [1.807, 2.05) is 12.1 Å². The van der Waals surface area contributed by atoms with Gasteiger partial charge in [0.25, 0.3) is 0 Å². The highest BCUT2D eigenvalue weighted by Crippen LogP contribution is 2.26. The van der Waals surface area contributed by atoms with Crippen LogP contribution >= 0.6 is 0 Å². The number of sulfonamides is 1. The topological polar surface area (TPSA) is 56.4 Å². The molecular weight excluding hydrogens is 346 g/mol. The smallest absolute Gasteiger partial charge is 0.243 e. The van der Waals surface area contributed by atoms with Crippen molar-refractivity contribution < 1.29 is 9.84 Å². The standard InChI is InChI=1S/C20H29N3O2S.H2/c1-16-7-11-23(12-8-16)26(24,25)19-5-6-20-17(14-19)13-18(21-20)15-22-9-3-2-4-10-22;/h5-6,13-14,16,21H,2-4,7-12,15H2,1H3;1H. The van der Waals surface area contributed by atoms with E-state index in [2.05, 4.69) is 22.9 Å². The minimum atomic E-state index is -3.39. The van der Waals surface area contributed by atoms with Crippen molar-refractivity contribution in [1.82, 2.24) is 14.2 Å². The molecular formula is C20H31N3O2S. The molecule has 1 N–H and O–H groups in total. The Morgan fingerprint density at radius 2 is 1.81 bits per heavy atom. The Labute approximate surface area is 157 Å². The Hall–Kier alpha value is -1.37. The third-order valence-electron chi connectivity index (χ3n) is 5.87. The summed E-state index contributed by atoms with van der Waals surface area (Å²) in [5.41, 5.74) is 2.19. The van der Waals surface area contributed by atoms with Crippen molar-refractivity contribution in [2.24, 2.45) is 5.92 Å². The van der Waals surface area contributed by atoms with Gasteiger partial charge in [-0.25, -0.2) is 8.42 Å². The van der Waals surface area contributed by atoms with Gasteiger partial charge in [0.2, 0.25) is 10.0 Å². The molecule has 6 heteroatoms. The molecule has 144 valence electrons. The predicted molar refractivity (Wildman–Crippen MR) is 107 cm³/mol. The van der Waals surface area contributed by atoms with Crippen LogP contribution in [0.5, 0.6) is 0 Å². The highest BCUT2D eigenvalue weighted by Gasteiger charge is 2.28. The van der Waals surface area contributed by atoms with Crippen LogP contribution in [0.15, 0.2) is 29.2 Å². The Balaban J connectivity index is 0.00000210. The van der Waals surface area contributed by atoms with E-state index in [1.54, 1.807) is 10.4 Å². The first-order valence-corrected chi connectivity index (χ1v) is 11.3. The Kier molecular flexibility index (Phi) is 5.08. The number of likely N-dealkylation sites (tertiary alicyclic amines) is 1. The van der Waals surface area contributed by atoms with Crippen molar-refractivity contribution in [3.63, 3.8) is 0 Å². The molecule has 0 saturated carbocycles. The highest BCUT2D eigenvalue weighted by molar-refractivity contribution is 7.89. The molecule has 2 aromatic rings. The van der Waals surface area contributed by atoms with Crippen LogP contribution < -0.4 is 0 Å². The fraction of sp³-hybridized carbons (Fsp3) is 0.600. The number of nitrogens with zero attached hydrogens (tertiary/aromatic N) is 2. The molecule has 0 spiro atoms. The maximum absolute atomic E-state index is 13.0. The molecule has 2 saturated heterocycles. The number of hydrogen-bond acceptors (Lipinski definition) is 3. The van der Waals surface area contributed by atoms with Crippen LogP contribution in [0.4, 0.5) is 0 Å². The van der Waals surface area contributed by atoms with E-state index in [-0.39, 0.29) is 1.43 Å². The van der Waals surface area contributed by atoms with Gasteiger partial charge in [-0.3, -0.25) is 4.90 Å². The third kappa shape index (κ3) is 3.68. The normalized spacial score (nSPS) is 21.4. The van der Waals surface area contributed by atoms with Crippen molar-refractivity contribution in [3.8, 4) is 0 Å². The lowest BCUT2D eigenvalue weighted by molar-refractivity contribution is 0.219. The average molecular weight is 378 g/mol. The second-order valence-electron chi connectivity index (χ2n) is 7.97. The second kappa shape index (κ2) is 7.33. The number of benzene rings is 1. The van der Waals surface area contributed by atoms with Crippen molar-refractivity contribution in [1.29, 1.82) is 0 Å². The van der Waals surface area contributed by atoms with Gasteiger partial charge in [-0.15, -0.1) is 0 Å². The van der Waals surface area contributed by atoms with Crippen molar-refractivity contribution in [3.05, 3.63) is 30.0 Å². The lowest BCUT2D eigenvalue weighted by Crippen LogP contribution is -2.37. The van der Waals surface area contributed by atoms with Crippen LogP contribution in [0.3, 0.4) is 0 Å². The molecule has 3 heterocycles. The maximum atomic E-state index is 13.0. The van der Waals surface area contributed by atoms with Gasteiger partial charge in [0, 0.05) is 37.7 Å². The van der Waals surface area contributed by atoms with Gasteiger partial charge in [0.05, 0.1) is 4.90 Å². The summed E-state index contributed by atoms with van der Waals surface area (Å²) in [6.45, 7) is 6.69. The van der Waals surface area contributed by atoms with E-state index in [0.717, 1.165) is 43.4 Å². The first-order valence-electron chi connectivity index (χ1n) is 9.86. The van der Waals surface area contributed by atoms with Gasteiger partial charge in [-0.2, -0.15) is 4.31 Å². The summed E-state index contributed by atoms with van der Waals surface area (Å²) in [6, 6.07) is 7.60. The van der Waals surface area contributed by atoms with Gasteiger partial charge in [0.1, 0.15) is 0 Å². The molecule has 2 aliphatic heterocycles. The number of H-pyrrole nitrogens is 1. The zero-order chi connectivity index (χ0) is 18.1. The first kappa shape index (κ1) is 18.0. The summed E-state index contributed by atoms with van der Waals surface area (Å²) in [5, 5.41) is 0.989. The molecule has 2 fully saturated rings. The van der Waals surface area contributed by atoms with E-state index in [1.165, 1.54) is 25.0 Å². The number of nitrogens with one attached hydrogen (secondary N) is 1. The third-order valence-corrected chi connectivity index (χ3v) is 7.77. The Morgan fingerprint density at radius 1 is 1.08 bits per heavy atom. The number of hydrogen-bond donors (Lipinski definition) is 1. The number of aromatic amines is 1. The predicted octanol–water partition coefficient (Wildman–Crippen LogP) is 3.82. The van der Waals surface area contributed by atoms with Crippen LogP contribution in [0.1, 0.15) is 46.1 Å². The van der Waals surface area contributed by atoms with Crippen molar-refractivity contribution in [2.75, 3.05) is 26.2 Å². The zero-order valence-corrected chi connectivity index (χ0v) is 16.4. The quantitative estimate of drug-likeness (QED) is 0.881. The van der Waals surface area contributed by atoms with E-state index in [0.29, 0.717) is 23.9 Å². The van der Waals surface area contributed by atoms with Crippen LogP contribution in [-0.4, -0.2) is 48.8 Å². The second-order valence-corrected chi connectivity index (χ2v) is 9.90. The lowest BCUT2D eigenvalue weighted by atomic mass is 10.0. The zero-order valence-electron chi connectivity index (χ0n) is 15.6. The molecule has 0 bridgehead atoms. The summed E-state index contributed by atoms with van der Waals surface area (Å²) < 4.78 is 27.6. The van der Waals surface area contributed by atoms with Crippen LogP contribution in [0.2, 0.25) is 0 Å².